The van der Waals surface area contributed by atoms with Crippen molar-refractivity contribution >= 4 is 22.6 Å². The van der Waals surface area contributed by atoms with Crippen LogP contribution < -0.4 is 5.23 Å². The van der Waals surface area contributed by atoms with Crippen molar-refractivity contribution in [3.63, 3.8) is 0 Å². The topological polar surface area (TPSA) is 106 Å². The SMILES string of the molecule is O=C(O)c1ccc(-n2nc(-c3ccc([NH+]([O-])[O-])cc3)c3ccccc32)cc1. The highest BCUT2D eigenvalue weighted by molar-refractivity contribution is 5.94. The zero-order valence-electron chi connectivity index (χ0n) is 14.0. The smallest absolute Gasteiger partial charge is 0.335 e. The number of nitrogens with zero attached hydrogens (tertiary/aromatic N) is 2. The minimum atomic E-state index is -1.23. The van der Waals surface area contributed by atoms with Gasteiger partial charge in [-0.3, -0.25) is 0 Å². The molecule has 0 aliphatic rings. The fourth-order valence-electron chi connectivity index (χ4n) is 2.99. The molecule has 0 aliphatic carbocycles. The number of hydrogen-bond acceptors (Lipinski definition) is 4. The van der Waals surface area contributed by atoms with Crippen molar-refractivity contribution in [2.24, 2.45) is 0 Å². The molecule has 4 rings (SSSR count). The molecule has 2 N–H and O–H groups in total. The van der Waals surface area contributed by atoms with Gasteiger partial charge in [0.15, 0.2) is 0 Å². The lowest BCUT2D eigenvalue weighted by Gasteiger charge is -2.24. The summed E-state index contributed by atoms with van der Waals surface area (Å²) in [6, 6.07) is 20.5. The molecule has 134 valence electrons. The van der Waals surface area contributed by atoms with Gasteiger partial charge in [-0.1, -0.05) is 18.2 Å². The molecule has 1 aromatic heterocycles. The maximum atomic E-state index is 11.1. The molecule has 0 fully saturated rings. The molecule has 0 radical (unpaired) electrons. The monoisotopic (exact) mass is 360 g/mol. The highest BCUT2D eigenvalue weighted by Crippen LogP contribution is 2.30. The molecule has 7 heteroatoms. The van der Waals surface area contributed by atoms with E-state index in [-0.39, 0.29) is 11.3 Å². The van der Waals surface area contributed by atoms with E-state index in [0.29, 0.717) is 5.69 Å². The molecular weight excluding hydrogens is 346 g/mol. The van der Waals surface area contributed by atoms with Crippen LogP contribution in [0.4, 0.5) is 5.69 Å². The molecule has 0 aliphatic heterocycles. The van der Waals surface area contributed by atoms with Crippen molar-refractivity contribution in [3.8, 4) is 16.9 Å². The average Bonchev–Trinajstić information content (AvgIpc) is 3.08. The minimum Gasteiger partial charge on any atom is -0.628 e. The highest BCUT2D eigenvalue weighted by atomic mass is 16.8. The lowest BCUT2D eigenvalue weighted by molar-refractivity contribution is -0.715. The van der Waals surface area contributed by atoms with E-state index in [9.17, 15) is 15.2 Å². The number of fused-ring (bicyclic) bond motifs is 1. The van der Waals surface area contributed by atoms with Crippen LogP contribution in [0.15, 0.2) is 72.8 Å². The second-order valence-electron chi connectivity index (χ2n) is 5.99. The molecule has 0 saturated carbocycles. The number of para-hydroxylation sites is 1. The van der Waals surface area contributed by atoms with E-state index in [1.165, 1.54) is 24.3 Å². The van der Waals surface area contributed by atoms with Gasteiger partial charge in [-0.25, -0.2) is 9.48 Å². The Bertz CT molecular complexity index is 1120. The number of carbonyl (C=O) groups is 1. The van der Waals surface area contributed by atoms with Crippen LogP contribution in [0.2, 0.25) is 0 Å². The van der Waals surface area contributed by atoms with Crippen LogP contribution in [0.5, 0.6) is 0 Å². The fourth-order valence-corrected chi connectivity index (χ4v) is 2.99. The number of aromatic nitrogens is 2. The van der Waals surface area contributed by atoms with E-state index in [0.717, 1.165) is 22.2 Å². The Morgan fingerprint density at radius 2 is 1.59 bits per heavy atom. The summed E-state index contributed by atoms with van der Waals surface area (Å²) in [5, 5.41) is 35.3. The molecule has 27 heavy (non-hydrogen) atoms. The summed E-state index contributed by atoms with van der Waals surface area (Å²) in [5.41, 5.74) is 3.38. The maximum absolute atomic E-state index is 11.1. The number of benzene rings is 3. The third-order valence-electron chi connectivity index (χ3n) is 4.34. The standard InChI is InChI=1S/C20H14N3O4/c24-20(25)14-7-9-15(10-8-14)22-18-4-2-1-3-17(18)19(21-22)13-5-11-16(12-6-13)23(26)27/h1-12,23H,(H,24,25)/q-1. The molecule has 0 amide bonds. The van der Waals surface area contributed by atoms with Crippen LogP contribution in [0.25, 0.3) is 27.8 Å². The third-order valence-corrected chi connectivity index (χ3v) is 4.34. The van der Waals surface area contributed by atoms with Gasteiger partial charge in [-0.15, -0.1) is 0 Å². The minimum absolute atomic E-state index is 0.103. The Kier molecular flexibility index (Phi) is 4.17. The van der Waals surface area contributed by atoms with Crippen molar-refractivity contribution in [1.29, 1.82) is 0 Å². The van der Waals surface area contributed by atoms with E-state index >= 15 is 0 Å². The van der Waals surface area contributed by atoms with Crippen LogP contribution in [-0.4, -0.2) is 20.9 Å². The number of quaternary nitrogens is 1. The quantitative estimate of drug-likeness (QED) is 0.544. The lowest BCUT2D eigenvalue weighted by atomic mass is 10.1. The summed E-state index contributed by atoms with van der Waals surface area (Å²) in [4.78, 5) is 11.1. The Morgan fingerprint density at radius 1 is 0.926 bits per heavy atom. The van der Waals surface area contributed by atoms with Gasteiger partial charge in [-0.2, -0.15) is 5.10 Å². The summed E-state index contributed by atoms with van der Waals surface area (Å²) in [5.74, 6) is -0.986. The normalized spacial score (nSPS) is 11.2. The molecule has 1 heterocycles. The predicted octanol–water partition coefficient (Wildman–Crippen LogP) is 2.90. The largest absolute Gasteiger partial charge is 0.628 e. The van der Waals surface area contributed by atoms with Crippen LogP contribution >= 0.6 is 0 Å². The van der Waals surface area contributed by atoms with Crippen LogP contribution in [-0.2, 0) is 0 Å². The third kappa shape index (κ3) is 3.06. The number of aromatic carboxylic acids is 1. The van der Waals surface area contributed by atoms with Crippen LogP contribution in [0.3, 0.4) is 0 Å². The van der Waals surface area contributed by atoms with Crippen LogP contribution in [0.1, 0.15) is 10.4 Å². The van der Waals surface area contributed by atoms with E-state index in [1.54, 1.807) is 28.9 Å². The zero-order chi connectivity index (χ0) is 19.0. The Morgan fingerprint density at radius 3 is 2.22 bits per heavy atom. The summed E-state index contributed by atoms with van der Waals surface area (Å²) in [6.45, 7) is 0. The molecule has 0 saturated heterocycles. The van der Waals surface area contributed by atoms with E-state index in [2.05, 4.69) is 5.10 Å². The van der Waals surface area contributed by atoms with Crippen molar-refractivity contribution in [2.45, 2.75) is 0 Å². The maximum Gasteiger partial charge on any atom is 0.335 e. The number of rotatable bonds is 4. The predicted molar refractivity (Wildman–Crippen MR) is 101 cm³/mol. The first-order valence-corrected chi connectivity index (χ1v) is 8.18. The Balaban J connectivity index is 1.85. The molecule has 0 bridgehead atoms. The summed E-state index contributed by atoms with van der Waals surface area (Å²) < 4.78 is 1.74. The van der Waals surface area contributed by atoms with E-state index < -0.39 is 11.2 Å². The van der Waals surface area contributed by atoms with Gasteiger partial charge in [0.2, 0.25) is 0 Å². The second-order valence-corrected chi connectivity index (χ2v) is 5.99. The first kappa shape index (κ1) is 16.9. The van der Waals surface area contributed by atoms with Gasteiger partial charge in [0.1, 0.15) is 11.4 Å². The molecular formula is C20H14N3O4-. The van der Waals surface area contributed by atoms with Gasteiger partial charge in [0, 0.05) is 23.1 Å². The van der Waals surface area contributed by atoms with Crippen molar-refractivity contribution in [2.75, 3.05) is 0 Å². The van der Waals surface area contributed by atoms with E-state index in [4.69, 9.17) is 5.11 Å². The van der Waals surface area contributed by atoms with Crippen LogP contribution in [0, 0.1) is 10.4 Å². The number of nitrogens with one attached hydrogen (secondary N) is 1. The average molecular weight is 360 g/mol. The lowest BCUT2D eigenvalue weighted by Crippen LogP contribution is -2.96. The number of carboxylic acid groups (broad SMARTS) is 1. The van der Waals surface area contributed by atoms with Gasteiger partial charge in [0.05, 0.1) is 16.8 Å². The second kappa shape index (κ2) is 6.65. The van der Waals surface area contributed by atoms with Gasteiger partial charge >= 0.3 is 5.97 Å². The van der Waals surface area contributed by atoms with Gasteiger partial charge < -0.3 is 20.7 Å². The number of hydrogen-bond donors (Lipinski definition) is 2. The Labute approximate surface area is 153 Å². The zero-order valence-corrected chi connectivity index (χ0v) is 14.0. The molecule has 0 unspecified atom stereocenters. The van der Waals surface area contributed by atoms with Gasteiger partial charge in [0.25, 0.3) is 0 Å². The fraction of sp³-hybridized carbons (Fsp3) is 0. The van der Waals surface area contributed by atoms with Gasteiger partial charge in [-0.05, 0) is 42.5 Å². The molecule has 3 aromatic carbocycles. The van der Waals surface area contributed by atoms with E-state index in [1.807, 2.05) is 24.3 Å². The summed E-state index contributed by atoms with van der Waals surface area (Å²) in [7, 11) is 0. The Hall–Kier alpha value is -3.52. The van der Waals surface area contributed by atoms with Crippen molar-refractivity contribution in [1.82, 2.24) is 9.78 Å². The molecule has 4 aromatic rings. The molecule has 0 atom stereocenters. The number of carboxylic acids is 1. The molecule has 7 nitrogen and oxygen atoms in total. The summed E-state index contributed by atoms with van der Waals surface area (Å²) in [6.07, 6.45) is 0. The highest BCUT2D eigenvalue weighted by Gasteiger charge is 2.14. The van der Waals surface area contributed by atoms with Crippen molar-refractivity contribution < 1.29 is 15.1 Å². The molecule has 0 spiro atoms. The summed E-state index contributed by atoms with van der Waals surface area (Å²) >= 11 is 0. The first-order chi connectivity index (χ1) is 13.0. The van der Waals surface area contributed by atoms with Crippen molar-refractivity contribution in [3.05, 3.63) is 88.8 Å². The first-order valence-electron chi connectivity index (χ1n) is 8.18.